The minimum absolute atomic E-state index is 0.167. The van der Waals surface area contributed by atoms with Crippen molar-refractivity contribution >= 4 is 18.0 Å². The number of nitrogens with zero attached hydrogens (tertiary/aromatic N) is 1. The van der Waals surface area contributed by atoms with Crippen molar-refractivity contribution < 1.29 is 19.4 Å². The molecule has 1 aromatic rings. The molecular formula is C14H14N2O4. The summed E-state index contributed by atoms with van der Waals surface area (Å²) >= 11 is 0. The van der Waals surface area contributed by atoms with Gasteiger partial charge in [0.05, 0.1) is 6.61 Å². The van der Waals surface area contributed by atoms with Crippen molar-refractivity contribution in [3.8, 4) is 11.8 Å². The lowest BCUT2D eigenvalue weighted by Gasteiger charge is -2.04. The first-order chi connectivity index (χ1) is 9.56. The van der Waals surface area contributed by atoms with Gasteiger partial charge in [0.2, 0.25) is 0 Å². The fraction of sp³-hybridized carbons (Fsp3) is 0.214. The summed E-state index contributed by atoms with van der Waals surface area (Å²) in [6, 6.07) is 8.64. The van der Waals surface area contributed by atoms with Crippen LogP contribution in [0.3, 0.4) is 0 Å². The second-order valence-electron chi connectivity index (χ2n) is 3.75. The summed E-state index contributed by atoms with van der Waals surface area (Å²) in [7, 11) is 0. The molecule has 1 aromatic carbocycles. The van der Waals surface area contributed by atoms with E-state index < -0.39 is 18.4 Å². The van der Waals surface area contributed by atoms with Crippen molar-refractivity contribution in [1.29, 1.82) is 5.26 Å². The smallest absolute Gasteiger partial charge is 0.322 e. The van der Waals surface area contributed by atoms with Gasteiger partial charge in [-0.15, -0.1) is 0 Å². The van der Waals surface area contributed by atoms with Gasteiger partial charge in [-0.3, -0.25) is 9.59 Å². The molecule has 0 aliphatic carbocycles. The highest BCUT2D eigenvalue weighted by Gasteiger charge is 2.10. The number of aliphatic carboxylic acids is 1. The third kappa shape index (κ3) is 4.82. The van der Waals surface area contributed by atoms with Crippen LogP contribution < -0.4 is 10.1 Å². The van der Waals surface area contributed by atoms with Crippen molar-refractivity contribution in [3.05, 3.63) is 35.4 Å². The lowest BCUT2D eigenvalue weighted by Crippen LogP contribution is -2.30. The molecule has 0 spiro atoms. The average Bonchev–Trinajstić information content (AvgIpc) is 2.43. The molecule has 0 saturated heterocycles. The Labute approximate surface area is 116 Å². The van der Waals surface area contributed by atoms with E-state index in [1.807, 2.05) is 6.92 Å². The Kier molecular flexibility index (Phi) is 5.78. The molecule has 1 amide bonds. The standard InChI is InChI=1S/C14H14N2O4/c1-2-20-12-5-3-4-10(7-12)6-11(8-15)14(19)16-9-13(17)18/h3-7H,2,9H2,1H3,(H,16,19)(H,17,18)/b11-6+. The van der Waals surface area contributed by atoms with Gasteiger partial charge >= 0.3 is 5.97 Å². The molecule has 0 fully saturated rings. The number of ether oxygens (including phenoxy) is 1. The molecule has 1 rings (SSSR count). The summed E-state index contributed by atoms with van der Waals surface area (Å²) in [5, 5.41) is 19.5. The molecule has 2 N–H and O–H groups in total. The first kappa shape index (κ1) is 15.2. The normalized spacial score (nSPS) is 10.5. The molecule has 0 aromatic heterocycles. The SMILES string of the molecule is CCOc1cccc(/C=C(\C#N)C(=O)NCC(=O)O)c1. The van der Waals surface area contributed by atoms with Crippen molar-refractivity contribution in [3.63, 3.8) is 0 Å². The zero-order valence-corrected chi connectivity index (χ0v) is 10.9. The highest BCUT2D eigenvalue weighted by molar-refractivity contribution is 6.02. The van der Waals surface area contributed by atoms with Crippen LogP contribution in [0.25, 0.3) is 6.08 Å². The highest BCUT2D eigenvalue weighted by atomic mass is 16.5. The van der Waals surface area contributed by atoms with E-state index in [1.165, 1.54) is 6.08 Å². The quantitative estimate of drug-likeness (QED) is 0.599. The fourth-order valence-electron chi connectivity index (χ4n) is 1.43. The van der Waals surface area contributed by atoms with Crippen LogP contribution in [0.2, 0.25) is 0 Å². The van der Waals surface area contributed by atoms with Crippen molar-refractivity contribution in [1.82, 2.24) is 5.32 Å². The highest BCUT2D eigenvalue weighted by Crippen LogP contribution is 2.15. The maximum absolute atomic E-state index is 11.6. The maximum atomic E-state index is 11.6. The molecule has 0 radical (unpaired) electrons. The molecule has 0 saturated carbocycles. The number of carbonyl (C=O) groups excluding carboxylic acids is 1. The zero-order chi connectivity index (χ0) is 15.0. The summed E-state index contributed by atoms with van der Waals surface area (Å²) in [6.45, 7) is 1.83. The van der Waals surface area contributed by atoms with Gasteiger partial charge in [0.25, 0.3) is 5.91 Å². The molecule has 6 heteroatoms. The minimum Gasteiger partial charge on any atom is -0.494 e. The summed E-state index contributed by atoms with van der Waals surface area (Å²) < 4.78 is 5.31. The number of hydrogen-bond donors (Lipinski definition) is 2. The van der Waals surface area contributed by atoms with E-state index in [1.54, 1.807) is 30.3 Å². The third-order valence-electron chi connectivity index (χ3n) is 2.25. The Morgan fingerprint density at radius 3 is 2.85 bits per heavy atom. The van der Waals surface area contributed by atoms with E-state index in [0.29, 0.717) is 17.9 Å². The summed E-state index contributed by atoms with van der Waals surface area (Å²) in [4.78, 5) is 22.0. The van der Waals surface area contributed by atoms with E-state index >= 15 is 0 Å². The van der Waals surface area contributed by atoms with Crippen molar-refractivity contribution in [2.24, 2.45) is 0 Å². The molecule has 0 heterocycles. The first-order valence-corrected chi connectivity index (χ1v) is 5.91. The minimum atomic E-state index is -1.17. The Bertz CT molecular complexity index is 573. The van der Waals surface area contributed by atoms with Crippen LogP contribution in [-0.4, -0.2) is 30.1 Å². The summed E-state index contributed by atoms with van der Waals surface area (Å²) in [5.41, 5.74) is 0.456. The molecule has 20 heavy (non-hydrogen) atoms. The van der Waals surface area contributed by atoms with Crippen LogP contribution in [0, 0.1) is 11.3 Å². The number of nitrogens with one attached hydrogen (secondary N) is 1. The van der Waals surface area contributed by atoms with Crippen LogP contribution >= 0.6 is 0 Å². The van der Waals surface area contributed by atoms with Gasteiger partial charge in [-0.2, -0.15) is 5.26 Å². The first-order valence-electron chi connectivity index (χ1n) is 5.91. The Morgan fingerprint density at radius 2 is 2.25 bits per heavy atom. The van der Waals surface area contributed by atoms with E-state index in [4.69, 9.17) is 15.1 Å². The molecule has 0 unspecified atom stereocenters. The number of hydrogen-bond acceptors (Lipinski definition) is 4. The van der Waals surface area contributed by atoms with E-state index in [9.17, 15) is 9.59 Å². The van der Waals surface area contributed by atoms with Crippen LogP contribution in [0.15, 0.2) is 29.8 Å². The Morgan fingerprint density at radius 1 is 1.50 bits per heavy atom. The number of carboxylic acids is 1. The third-order valence-corrected chi connectivity index (χ3v) is 2.25. The van der Waals surface area contributed by atoms with Crippen LogP contribution in [0.4, 0.5) is 0 Å². The van der Waals surface area contributed by atoms with Crippen LogP contribution in [-0.2, 0) is 9.59 Å². The summed E-state index contributed by atoms with van der Waals surface area (Å²) in [5.74, 6) is -1.27. The number of carbonyl (C=O) groups is 2. The number of rotatable bonds is 6. The number of nitriles is 1. The molecule has 0 bridgehead atoms. The van der Waals surface area contributed by atoms with Crippen molar-refractivity contribution in [2.45, 2.75) is 6.92 Å². The summed E-state index contributed by atoms with van der Waals surface area (Å²) in [6.07, 6.45) is 1.37. The Balaban J connectivity index is 2.88. The fourth-order valence-corrected chi connectivity index (χ4v) is 1.43. The molecule has 0 atom stereocenters. The lowest BCUT2D eigenvalue weighted by atomic mass is 10.1. The molecular weight excluding hydrogens is 260 g/mol. The predicted molar refractivity (Wildman–Crippen MR) is 71.8 cm³/mol. The van der Waals surface area contributed by atoms with E-state index in [-0.39, 0.29) is 5.57 Å². The monoisotopic (exact) mass is 274 g/mol. The average molecular weight is 274 g/mol. The predicted octanol–water partition coefficient (Wildman–Crippen LogP) is 1.19. The van der Waals surface area contributed by atoms with Gasteiger partial charge in [0, 0.05) is 0 Å². The number of benzene rings is 1. The lowest BCUT2D eigenvalue weighted by molar-refractivity contribution is -0.137. The molecule has 104 valence electrons. The second-order valence-corrected chi connectivity index (χ2v) is 3.75. The van der Waals surface area contributed by atoms with Gasteiger partial charge in [-0.05, 0) is 30.7 Å². The maximum Gasteiger partial charge on any atom is 0.322 e. The zero-order valence-electron chi connectivity index (χ0n) is 10.9. The van der Waals surface area contributed by atoms with Gasteiger partial charge in [0.15, 0.2) is 0 Å². The van der Waals surface area contributed by atoms with Crippen LogP contribution in [0.5, 0.6) is 5.75 Å². The van der Waals surface area contributed by atoms with E-state index in [0.717, 1.165) is 0 Å². The topological polar surface area (TPSA) is 99.4 Å². The molecule has 0 aliphatic rings. The Hall–Kier alpha value is -2.81. The van der Waals surface area contributed by atoms with Gasteiger partial charge in [-0.1, -0.05) is 12.1 Å². The van der Waals surface area contributed by atoms with Crippen LogP contribution in [0.1, 0.15) is 12.5 Å². The van der Waals surface area contributed by atoms with E-state index in [2.05, 4.69) is 5.32 Å². The molecule has 6 nitrogen and oxygen atoms in total. The second kappa shape index (κ2) is 7.59. The molecule has 0 aliphatic heterocycles. The largest absolute Gasteiger partial charge is 0.494 e. The van der Waals surface area contributed by atoms with Gasteiger partial charge < -0.3 is 15.2 Å². The number of amides is 1. The van der Waals surface area contributed by atoms with Gasteiger partial charge in [0.1, 0.15) is 23.9 Å². The van der Waals surface area contributed by atoms with Crippen molar-refractivity contribution in [2.75, 3.05) is 13.2 Å². The van der Waals surface area contributed by atoms with Gasteiger partial charge in [-0.25, -0.2) is 0 Å². The number of carboxylic acid groups (broad SMARTS) is 1.